The van der Waals surface area contributed by atoms with E-state index in [1.807, 2.05) is 61.5 Å². The molecule has 242 valence electrons. The molecule has 2 aromatic carbocycles. The third kappa shape index (κ3) is 7.98. The van der Waals surface area contributed by atoms with Gasteiger partial charge in [0.15, 0.2) is 0 Å². The van der Waals surface area contributed by atoms with Crippen LogP contribution in [0.25, 0.3) is 22.2 Å². The Balaban J connectivity index is 1.32. The number of fused-ring (bicyclic) bond motifs is 1. The SMILES string of the molecule is CCCCN(C)C(=O)C(c1ccccn1)N(C)Cc1ccc2nc(NC(=O)c3cccnc3-c3ccc(C(F)(F)F)cc3)ccc2c1. The van der Waals surface area contributed by atoms with Gasteiger partial charge in [-0.3, -0.25) is 24.5 Å². The van der Waals surface area contributed by atoms with Gasteiger partial charge in [-0.05, 0) is 79.7 Å². The summed E-state index contributed by atoms with van der Waals surface area (Å²) in [4.78, 5) is 43.9. The highest BCUT2D eigenvalue weighted by molar-refractivity contribution is 6.08. The first kappa shape index (κ1) is 33.2. The van der Waals surface area contributed by atoms with Crippen LogP contribution in [0.3, 0.4) is 0 Å². The van der Waals surface area contributed by atoms with E-state index >= 15 is 0 Å². The van der Waals surface area contributed by atoms with Crippen LogP contribution in [0.1, 0.15) is 53.0 Å². The molecule has 0 fully saturated rings. The smallest absolute Gasteiger partial charge is 0.344 e. The molecule has 0 saturated heterocycles. The monoisotopic (exact) mass is 640 g/mol. The molecule has 0 radical (unpaired) electrons. The molecule has 3 aromatic heterocycles. The number of likely N-dealkylation sites (N-methyl/N-ethyl adjacent to an activating group) is 2. The van der Waals surface area contributed by atoms with Crippen molar-refractivity contribution in [3.8, 4) is 11.3 Å². The minimum Gasteiger partial charge on any atom is -0.344 e. The zero-order chi connectivity index (χ0) is 33.6. The maximum Gasteiger partial charge on any atom is 0.416 e. The van der Waals surface area contributed by atoms with Gasteiger partial charge in [-0.25, -0.2) is 4.98 Å². The van der Waals surface area contributed by atoms with Gasteiger partial charge in [0.2, 0.25) is 5.91 Å². The minimum atomic E-state index is -4.46. The highest BCUT2D eigenvalue weighted by atomic mass is 19.4. The number of alkyl halides is 3. The zero-order valence-corrected chi connectivity index (χ0v) is 26.3. The summed E-state index contributed by atoms with van der Waals surface area (Å²) in [6.07, 6.45) is 0.617. The molecule has 5 aromatic rings. The molecule has 0 aliphatic rings. The standard InChI is InChI=1S/C36H35F3N6O2/c1-4-5-21-44(2)35(47)33(30-10-6-7-19-40-30)45(3)23-24-11-17-29-26(22-24)14-18-31(42-29)43-34(46)28-9-8-20-41-32(28)25-12-15-27(16-13-25)36(37,38)39/h6-20,22,33H,4-5,21,23H2,1-3H3,(H,42,43,46). The van der Waals surface area contributed by atoms with Crippen molar-refractivity contribution in [2.75, 3.05) is 26.0 Å². The lowest BCUT2D eigenvalue weighted by Gasteiger charge is -2.30. The van der Waals surface area contributed by atoms with Gasteiger partial charge in [-0.2, -0.15) is 13.2 Å². The fraction of sp³-hybridized carbons (Fsp3) is 0.250. The first-order chi connectivity index (χ1) is 22.5. The van der Waals surface area contributed by atoms with Crippen LogP contribution >= 0.6 is 0 Å². The van der Waals surface area contributed by atoms with Crippen LogP contribution in [-0.4, -0.2) is 57.2 Å². The number of pyridine rings is 3. The van der Waals surface area contributed by atoms with Crippen molar-refractivity contribution in [1.29, 1.82) is 0 Å². The van der Waals surface area contributed by atoms with Gasteiger partial charge in [0, 0.05) is 43.5 Å². The molecule has 3 heterocycles. The van der Waals surface area contributed by atoms with Gasteiger partial charge in [0.25, 0.3) is 5.91 Å². The minimum absolute atomic E-state index is 0.0161. The Labute approximate surface area is 271 Å². The number of nitrogens with zero attached hydrogens (tertiary/aromatic N) is 5. The Morgan fingerprint density at radius 1 is 0.894 bits per heavy atom. The number of unbranched alkanes of at least 4 members (excludes halogenated alkanes) is 1. The summed E-state index contributed by atoms with van der Waals surface area (Å²) < 4.78 is 39.1. The van der Waals surface area contributed by atoms with Gasteiger partial charge >= 0.3 is 6.18 Å². The number of hydrogen-bond acceptors (Lipinski definition) is 6. The number of rotatable bonds is 11. The molecule has 8 nitrogen and oxygen atoms in total. The van der Waals surface area contributed by atoms with Crippen molar-refractivity contribution < 1.29 is 22.8 Å². The number of amides is 2. The van der Waals surface area contributed by atoms with E-state index in [1.165, 1.54) is 18.3 Å². The van der Waals surface area contributed by atoms with E-state index in [-0.39, 0.29) is 17.2 Å². The third-order valence-electron chi connectivity index (χ3n) is 7.83. The summed E-state index contributed by atoms with van der Waals surface area (Å²) in [5.41, 5.74) is 2.36. The number of benzene rings is 2. The molecular weight excluding hydrogens is 605 g/mol. The average molecular weight is 641 g/mol. The van der Waals surface area contributed by atoms with Gasteiger partial charge in [-0.15, -0.1) is 0 Å². The normalized spacial score (nSPS) is 12.2. The average Bonchev–Trinajstić information content (AvgIpc) is 3.07. The van der Waals surface area contributed by atoms with E-state index in [0.29, 0.717) is 35.7 Å². The number of aromatic nitrogens is 3. The lowest BCUT2D eigenvalue weighted by Crippen LogP contribution is -2.40. The number of carbonyl (C=O) groups is 2. The molecule has 11 heteroatoms. The molecule has 1 N–H and O–H groups in total. The van der Waals surface area contributed by atoms with E-state index in [2.05, 4.69) is 27.2 Å². The topological polar surface area (TPSA) is 91.3 Å². The van der Waals surface area contributed by atoms with Gasteiger partial charge < -0.3 is 10.2 Å². The quantitative estimate of drug-likeness (QED) is 0.162. The second kappa shape index (κ2) is 14.5. The van der Waals surface area contributed by atoms with E-state index in [9.17, 15) is 22.8 Å². The number of halogens is 3. The predicted molar refractivity (Wildman–Crippen MR) is 175 cm³/mol. The highest BCUT2D eigenvalue weighted by Gasteiger charge is 2.31. The summed E-state index contributed by atoms with van der Waals surface area (Å²) in [6, 6.07) is 22.0. The zero-order valence-electron chi connectivity index (χ0n) is 26.3. The van der Waals surface area contributed by atoms with Crippen LogP contribution < -0.4 is 5.32 Å². The maximum atomic E-state index is 13.5. The Hall–Kier alpha value is -5.16. The molecule has 0 saturated carbocycles. The molecule has 1 atom stereocenters. The van der Waals surface area contributed by atoms with E-state index in [4.69, 9.17) is 0 Å². The largest absolute Gasteiger partial charge is 0.416 e. The van der Waals surface area contributed by atoms with Crippen molar-refractivity contribution in [1.82, 2.24) is 24.8 Å². The van der Waals surface area contributed by atoms with Crippen molar-refractivity contribution >= 4 is 28.5 Å². The molecule has 2 amide bonds. The number of anilines is 1. The third-order valence-corrected chi connectivity index (χ3v) is 7.83. The summed E-state index contributed by atoms with van der Waals surface area (Å²) in [5.74, 6) is -0.199. The second-order valence-electron chi connectivity index (χ2n) is 11.3. The van der Waals surface area contributed by atoms with E-state index in [0.717, 1.165) is 35.9 Å². The molecule has 0 spiro atoms. The Kier molecular flexibility index (Phi) is 10.3. The first-order valence-electron chi connectivity index (χ1n) is 15.2. The Morgan fingerprint density at radius 2 is 1.66 bits per heavy atom. The van der Waals surface area contributed by atoms with Crippen molar-refractivity contribution in [3.63, 3.8) is 0 Å². The lowest BCUT2D eigenvalue weighted by molar-refractivity contribution is -0.137. The van der Waals surface area contributed by atoms with Crippen LogP contribution in [-0.2, 0) is 17.5 Å². The van der Waals surface area contributed by atoms with Crippen LogP contribution in [0.2, 0.25) is 0 Å². The highest BCUT2D eigenvalue weighted by Crippen LogP contribution is 2.31. The number of nitrogens with one attached hydrogen (secondary N) is 1. The van der Waals surface area contributed by atoms with E-state index < -0.39 is 23.7 Å². The van der Waals surface area contributed by atoms with Crippen LogP contribution in [0.5, 0.6) is 0 Å². The van der Waals surface area contributed by atoms with Gasteiger partial charge in [0.05, 0.1) is 28.0 Å². The fourth-order valence-electron chi connectivity index (χ4n) is 5.33. The Bertz CT molecular complexity index is 1850. The molecule has 0 aliphatic heterocycles. The second-order valence-corrected chi connectivity index (χ2v) is 11.3. The maximum absolute atomic E-state index is 13.5. The Morgan fingerprint density at radius 3 is 2.36 bits per heavy atom. The lowest BCUT2D eigenvalue weighted by atomic mass is 10.0. The van der Waals surface area contributed by atoms with Crippen molar-refractivity contribution in [2.24, 2.45) is 0 Å². The number of carbonyl (C=O) groups excluding carboxylic acids is 2. The van der Waals surface area contributed by atoms with Crippen LogP contribution in [0, 0.1) is 0 Å². The molecule has 47 heavy (non-hydrogen) atoms. The van der Waals surface area contributed by atoms with E-state index in [1.54, 1.807) is 29.3 Å². The first-order valence-corrected chi connectivity index (χ1v) is 15.2. The predicted octanol–water partition coefficient (Wildman–Crippen LogP) is 7.39. The molecule has 0 aliphatic carbocycles. The summed E-state index contributed by atoms with van der Waals surface area (Å²) in [6.45, 7) is 3.25. The molecule has 1 unspecified atom stereocenters. The van der Waals surface area contributed by atoms with Crippen LogP contribution in [0.4, 0.5) is 19.0 Å². The van der Waals surface area contributed by atoms with Crippen LogP contribution in [0.15, 0.2) is 97.3 Å². The van der Waals surface area contributed by atoms with Crippen molar-refractivity contribution in [2.45, 2.75) is 38.5 Å². The van der Waals surface area contributed by atoms with Gasteiger partial charge in [0.1, 0.15) is 11.9 Å². The van der Waals surface area contributed by atoms with Gasteiger partial charge in [-0.1, -0.05) is 37.6 Å². The molecular formula is C36H35F3N6O2. The summed E-state index contributed by atoms with van der Waals surface area (Å²) in [7, 11) is 3.73. The summed E-state index contributed by atoms with van der Waals surface area (Å²) in [5, 5.41) is 3.63. The van der Waals surface area contributed by atoms with Crippen molar-refractivity contribution in [3.05, 3.63) is 120 Å². The fourth-order valence-corrected chi connectivity index (χ4v) is 5.33. The number of hydrogen-bond donors (Lipinski definition) is 1. The molecule has 5 rings (SSSR count). The summed E-state index contributed by atoms with van der Waals surface area (Å²) >= 11 is 0. The molecule has 0 bridgehead atoms.